The minimum atomic E-state index is 0.748. The van der Waals surface area contributed by atoms with Gasteiger partial charge in [-0.15, -0.1) is 0 Å². The van der Waals surface area contributed by atoms with E-state index in [1.165, 1.54) is 0 Å². The van der Waals surface area contributed by atoms with Crippen LogP contribution in [0.25, 0.3) is 11.0 Å². The van der Waals surface area contributed by atoms with Crippen LogP contribution in [0.15, 0.2) is 24.5 Å². The van der Waals surface area contributed by atoms with Gasteiger partial charge in [-0.1, -0.05) is 0 Å². The molecule has 1 aromatic carbocycles. The first kappa shape index (κ1) is 16.8. The predicted molar refractivity (Wildman–Crippen MR) is 91.6 cm³/mol. The molecular formula is C17H28N4O. The molecule has 0 atom stereocenters. The van der Waals surface area contributed by atoms with Gasteiger partial charge in [-0.05, 0) is 59.7 Å². The number of ether oxygens (including phenoxy) is 1. The monoisotopic (exact) mass is 304 g/mol. The zero-order chi connectivity index (χ0) is 15.9. The van der Waals surface area contributed by atoms with Crippen molar-refractivity contribution in [3.05, 3.63) is 24.5 Å². The van der Waals surface area contributed by atoms with Crippen LogP contribution in [0, 0.1) is 0 Å². The van der Waals surface area contributed by atoms with Gasteiger partial charge in [0.2, 0.25) is 0 Å². The second kappa shape index (κ2) is 8.15. The summed E-state index contributed by atoms with van der Waals surface area (Å²) in [6.45, 7) is 3.86. The zero-order valence-electron chi connectivity index (χ0n) is 14.2. The van der Waals surface area contributed by atoms with Gasteiger partial charge in [0.25, 0.3) is 0 Å². The van der Waals surface area contributed by atoms with Crippen LogP contribution < -0.4 is 4.74 Å². The second-order valence-electron chi connectivity index (χ2n) is 6.25. The quantitative estimate of drug-likeness (QED) is 0.666. The fraction of sp³-hybridized carbons (Fsp3) is 0.588. The molecule has 0 N–H and O–H groups in total. The lowest BCUT2D eigenvalue weighted by molar-refractivity contribution is 0.282. The summed E-state index contributed by atoms with van der Waals surface area (Å²) in [5.41, 5.74) is 2.19. The summed E-state index contributed by atoms with van der Waals surface area (Å²) in [5, 5.41) is 0. The molecule has 5 heteroatoms. The summed E-state index contributed by atoms with van der Waals surface area (Å²) in [4.78, 5) is 8.84. The predicted octanol–water partition coefficient (Wildman–Crippen LogP) is 2.32. The Morgan fingerprint density at radius 1 is 1.05 bits per heavy atom. The van der Waals surface area contributed by atoms with Gasteiger partial charge in [0, 0.05) is 19.2 Å². The molecular weight excluding hydrogens is 276 g/mol. The number of fused-ring (bicyclic) bond motifs is 1. The van der Waals surface area contributed by atoms with Crippen LogP contribution in [-0.2, 0) is 6.54 Å². The normalized spacial score (nSPS) is 11.7. The Hall–Kier alpha value is -1.59. The molecule has 122 valence electrons. The van der Waals surface area contributed by atoms with E-state index in [0.29, 0.717) is 0 Å². The van der Waals surface area contributed by atoms with Crippen molar-refractivity contribution < 1.29 is 4.74 Å². The molecule has 22 heavy (non-hydrogen) atoms. The summed E-state index contributed by atoms with van der Waals surface area (Å²) < 4.78 is 8.07. The standard InChI is InChI=1S/C17H28N4O/c1-19(2)9-5-11-21-14-18-16-8-7-15(13-17(16)21)22-12-6-10-20(3)4/h7-8,13-14H,5-6,9-12H2,1-4H3. The molecule has 0 saturated heterocycles. The van der Waals surface area contributed by atoms with Gasteiger partial charge in [0.15, 0.2) is 0 Å². The number of hydrogen-bond acceptors (Lipinski definition) is 4. The maximum Gasteiger partial charge on any atom is 0.121 e. The van der Waals surface area contributed by atoms with Gasteiger partial charge in [0.1, 0.15) is 5.75 Å². The van der Waals surface area contributed by atoms with E-state index in [4.69, 9.17) is 4.74 Å². The third-order valence-electron chi connectivity index (χ3n) is 3.62. The third-order valence-corrected chi connectivity index (χ3v) is 3.62. The molecule has 0 bridgehead atoms. The molecule has 0 radical (unpaired) electrons. The molecule has 0 aliphatic carbocycles. The van der Waals surface area contributed by atoms with Gasteiger partial charge >= 0.3 is 0 Å². The van der Waals surface area contributed by atoms with Crippen LogP contribution in [0.5, 0.6) is 5.75 Å². The number of rotatable bonds is 9. The molecule has 1 heterocycles. The van der Waals surface area contributed by atoms with E-state index < -0.39 is 0 Å². The van der Waals surface area contributed by atoms with Crippen molar-refractivity contribution in [2.45, 2.75) is 19.4 Å². The molecule has 2 rings (SSSR count). The van der Waals surface area contributed by atoms with Crippen LogP contribution in [0.1, 0.15) is 12.8 Å². The van der Waals surface area contributed by atoms with E-state index in [0.717, 1.165) is 55.9 Å². The molecule has 1 aromatic heterocycles. The Bertz CT molecular complexity index is 577. The van der Waals surface area contributed by atoms with E-state index in [2.05, 4.69) is 53.6 Å². The molecule has 0 unspecified atom stereocenters. The van der Waals surface area contributed by atoms with Crippen molar-refractivity contribution in [2.24, 2.45) is 0 Å². The highest BCUT2D eigenvalue weighted by molar-refractivity contribution is 5.77. The van der Waals surface area contributed by atoms with E-state index in [9.17, 15) is 0 Å². The first-order chi connectivity index (χ1) is 10.6. The molecule has 0 aliphatic rings. The minimum Gasteiger partial charge on any atom is -0.493 e. The second-order valence-corrected chi connectivity index (χ2v) is 6.25. The van der Waals surface area contributed by atoms with E-state index in [1.807, 2.05) is 18.5 Å². The number of hydrogen-bond donors (Lipinski definition) is 0. The molecule has 2 aromatic rings. The first-order valence-electron chi connectivity index (χ1n) is 7.93. The van der Waals surface area contributed by atoms with Crippen molar-refractivity contribution >= 4 is 11.0 Å². The van der Waals surface area contributed by atoms with Gasteiger partial charge in [0.05, 0.1) is 24.0 Å². The minimum absolute atomic E-state index is 0.748. The maximum atomic E-state index is 5.86. The topological polar surface area (TPSA) is 33.5 Å². The van der Waals surface area contributed by atoms with Crippen LogP contribution in [0.4, 0.5) is 0 Å². The van der Waals surface area contributed by atoms with E-state index >= 15 is 0 Å². The Balaban J connectivity index is 1.95. The fourth-order valence-electron chi connectivity index (χ4n) is 2.43. The fourth-order valence-corrected chi connectivity index (χ4v) is 2.43. The largest absolute Gasteiger partial charge is 0.493 e. The zero-order valence-corrected chi connectivity index (χ0v) is 14.2. The third kappa shape index (κ3) is 5.00. The Kier molecular flexibility index (Phi) is 6.21. The molecule has 0 aliphatic heterocycles. The van der Waals surface area contributed by atoms with Crippen LogP contribution >= 0.6 is 0 Å². The molecule has 0 fully saturated rings. The first-order valence-corrected chi connectivity index (χ1v) is 7.93. The lowest BCUT2D eigenvalue weighted by atomic mass is 10.3. The summed E-state index contributed by atoms with van der Waals surface area (Å²) in [6.07, 6.45) is 4.08. The summed E-state index contributed by atoms with van der Waals surface area (Å²) in [6, 6.07) is 6.15. The van der Waals surface area contributed by atoms with Gasteiger partial charge < -0.3 is 19.1 Å². The molecule has 5 nitrogen and oxygen atoms in total. The van der Waals surface area contributed by atoms with Crippen molar-refractivity contribution in [3.63, 3.8) is 0 Å². The highest BCUT2D eigenvalue weighted by atomic mass is 16.5. The lowest BCUT2D eigenvalue weighted by Gasteiger charge is -2.11. The Morgan fingerprint density at radius 3 is 2.50 bits per heavy atom. The van der Waals surface area contributed by atoms with Crippen molar-refractivity contribution in [2.75, 3.05) is 47.9 Å². The van der Waals surface area contributed by atoms with Crippen LogP contribution in [0.2, 0.25) is 0 Å². The molecule has 0 spiro atoms. The summed E-state index contributed by atoms with van der Waals surface area (Å²) in [7, 11) is 8.37. The Labute approximate surface area is 133 Å². The number of benzene rings is 1. The van der Waals surface area contributed by atoms with Crippen molar-refractivity contribution in [3.8, 4) is 5.75 Å². The highest BCUT2D eigenvalue weighted by Crippen LogP contribution is 2.20. The maximum absolute atomic E-state index is 5.86. The smallest absolute Gasteiger partial charge is 0.121 e. The van der Waals surface area contributed by atoms with Crippen molar-refractivity contribution in [1.82, 2.24) is 19.4 Å². The average Bonchev–Trinajstić information content (AvgIpc) is 2.86. The molecule has 0 amide bonds. The van der Waals surface area contributed by atoms with Gasteiger partial charge in [-0.2, -0.15) is 0 Å². The number of imidazole rings is 1. The van der Waals surface area contributed by atoms with Gasteiger partial charge in [-0.3, -0.25) is 0 Å². The van der Waals surface area contributed by atoms with Gasteiger partial charge in [-0.25, -0.2) is 4.98 Å². The van der Waals surface area contributed by atoms with Crippen molar-refractivity contribution in [1.29, 1.82) is 0 Å². The van der Waals surface area contributed by atoms with Crippen LogP contribution in [0.3, 0.4) is 0 Å². The average molecular weight is 304 g/mol. The molecule has 0 saturated carbocycles. The SMILES string of the molecule is CN(C)CCCOc1ccc2ncn(CCCN(C)C)c2c1. The van der Waals surface area contributed by atoms with E-state index in [-0.39, 0.29) is 0 Å². The Morgan fingerprint density at radius 2 is 1.77 bits per heavy atom. The van der Waals surface area contributed by atoms with E-state index in [1.54, 1.807) is 0 Å². The summed E-state index contributed by atoms with van der Waals surface area (Å²) in [5.74, 6) is 0.931. The number of aromatic nitrogens is 2. The van der Waals surface area contributed by atoms with Crippen LogP contribution in [-0.4, -0.2) is 67.2 Å². The summed E-state index contributed by atoms with van der Waals surface area (Å²) >= 11 is 0. The number of aryl methyl sites for hydroxylation is 1. The lowest BCUT2D eigenvalue weighted by Crippen LogP contribution is -2.15. The number of nitrogens with zero attached hydrogens (tertiary/aromatic N) is 4. The highest BCUT2D eigenvalue weighted by Gasteiger charge is 2.05.